The molecular formula is C32H23NO3S. The van der Waals surface area contributed by atoms with Crippen LogP contribution in [0.25, 0.3) is 27.6 Å². The molecule has 0 bridgehead atoms. The first-order chi connectivity index (χ1) is 18.2. The molecule has 1 heterocycles. The van der Waals surface area contributed by atoms with Crippen LogP contribution in [0, 0.1) is 0 Å². The second kappa shape index (κ2) is 9.96. The maximum Gasteiger partial charge on any atom is 0.293 e. The van der Waals surface area contributed by atoms with Gasteiger partial charge in [-0.1, -0.05) is 97.1 Å². The van der Waals surface area contributed by atoms with Gasteiger partial charge in [0.15, 0.2) is 0 Å². The summed E-state index contributed by atoms with van der Waals surface area (Å²) in [5.74, 6) is 0.378. The number of imide groups is 1. The summed E-state index contributed by atoms with van der Waals surface area (Å²) in [6.45, 7) is 0.641. The van der Waals surface area contributed by atoms with Crippen molar-refractivity contribution < 1.29 is 14.3 Å². The zero-order valence-electron chi connectivity index (χ0n) is 20.0. The van der Waals surface area contributed by atoms with Crippen molar-refractivity contribution in [3.63, 3.8) is 0 Å². The lowest BCUT2D eigenvalue weighted by atomic mass is 10.0. The SMILES string of the molecule is O=C1S/C(=C/c2ccccc2OCc2ccc3ccccc3c2)C(=O)N1Cc1cccc2ccccc12. The van der Waals surface area contributed by atoms with Crippen molar-refractivity contribution in [2.75, 3.05) is 0 Å². The Balaban J connectivity index is 1.22. The van der Waals surface area contributed by atoms with Gasteiger partial charge in [-0.25, -0.2) is 0 Å². The van der Waals surface area contributed by atoms with Gasteiger partial charge >= 0.3 is 0 Å². The van der Waals surface area contributed by atoms with E-state index in [4.69, 9.17) is 4.74 Å². The number of ether oxygens (including phenoxy) is 1. The Kier molecular flexibility index (Phi) is 6.21. The van der Waals surface area contributed by atoms with Gasteiger partial charge in [-0.15, -0.1) is 0 Å². The summed E-state index contributed by atoms with van der Waals surface area (Å²) in [5.41, 5.74) is 2.77. The third kappa shape index (κ3) is 4.74. The first kappa shape index (κ1) is 23.1. The number of carbonyl (C=O) groups is 2. The quantitative estimate of drug-likeness (QED) is 0.223. The molecule has 5 aromatic carbocycles. The fraction of sp³-hybridized carbons (Fsp3) is 0.0625. The Morgan fingerprint density at radius 3 is 2.35 bits per heavy atom. The van der Waals surface area contributed by atoms with Crippen LogP contribution in [0.1, 0.15) is 16.7 Å². The molecule has 0 aromatic heterocycles. The number of para-hydroxylation sites is 1. The first-order valence-corrected chi connectivity index (χ1v) is 12.9. The van der Waals surface area contributed by atoms with E-state index in [1.165, 1.54) is 10.3 Å². The summed E-state index contributed by atoms with van der Waals surface area (Å²) in [6.07, 6.45) is 1.75. The van der Waals surface area contributed by atoms with Gasteiger partial charge in [0.25, 0.3) is 11.1 Å². The molecule has 5 heteroatoms. The minimum atomic E-state index is -0.285. The number of hydrogen-bond donors (Lipinski definition) is 0. The third-order valence-electron chi connectivity index (χ3n) is 6.50. The number of thioether (sulfide) groups is 1. The maximum atomic E-state index is 13.3. The zero-order chi connectivity index (χ0) is 25.2. The Labute approximate surface area is 219 Å². The van der Waals surface area contributed by atoms with Crippen LogP contribution in [-0.2, 0) is 17.9 Å². The van der Waals surface area contributed by atoms with Crippen LogP contribution < -0.4 is 4.74 Å². The number of benzene rings is 5. The minimum absolute atomic E-state index is 0.240. The molecule has 0 aliphatic carbocycles. The molecule has 1 aliphatic rings. The van der Waals surface area contributed by atoms with E-state index < -0.39 is 0 Å². The molecule has 0 N–H and O–H groups in total. The Morgan fingerprint density at radius 2 is 1.46 bits per heavy atom. The summed E-state index contributed by atoms with van der Waals surface area (Å²) < 4.78 is 6.15. The van der Waals surface area contributed by atoms with Crippen LogP contribution in [0.15, 0.2) is 114 Å². The lowest BCUT2D eigenvalue weighted by Crippen LogP contribution is -2.27. The molecule has 6 rings (SSSR count). The minimum Gasteiger partial charge on any atom is -0.488 e. The topological polar surface area (TPSA) is 46.6 Å². The van der Waals surface area contributed by atoms with E-state index in [0.717, 1.165) is 44.6 Å². The van der Waals surface area contributed by atoms with Gasteiger partial charge in [0.2, 0.25) is 0 Å². The summed E-state index contributed by atoms with van der Waals surface area (Å²) in [4.78, 5) is 27.8. The van der Waals surface area contributed by atoms with Crippen molar-refractivity contribution in [3.8, 4) is 5.75 Å². The monoisotopic (exact) mass is 501 g/mol. The highest BCUT2D eigenvalue weighted by molar-refractivity contribution is 8.18. The van der Waals surface area contributed by atoms with Crippen molar-refractivity contribution >= 4 is 50.5 Å². The van der Waals surface area contributed by atoms with E-state index >= 15 is 0 Å². The standard InChI is InChI=1S/C32H23NO3S/c34-31-30(37-32(35)33(31)20-27-13-7-12-24-9-3-5-14-28(24)27)19-26-11-4-6-15-29(26)36-21-22-16-17-23-8-1-2-10-25(23)18-22/h1-19H,20-21H2/b30-19+. The molecule has 4 nitrogen and oxygen atoms in total. The summed E-state index contributed by atoms with van der Waals surface area (Å²) in [5, 5.41) is 4.21. The van der Waals surface area contributed by atoms with E-state index in [0.29, 0.717) is 17.3 Å². The molecule has 2 amide bonds. The maximum absolute atomic E-state index is 13.3. The van der Waals surface area contributed by atoms with Gasteiger partial charge in [0, 0.05) is 5.56 Å². The smallest absolute Gasteiger partial charge is 0.293 e. The molecule has 5 aromatic rings. The van der Waals surface area contributed by atoms with E-state index in [9.17, 15) is 9.59 Å². The van der Waals surface area contributed by atoms with E-state index in [-0.39, 0.29) is 17.7 Å². The fourth-order valence-electron chi connectivity index (χ4n) is 4.60. The number of rotatable bonds is 6. The first-order valence-electron chi connectivity index (χ1n) is 12.1. The van der Waals surface area contributed by atoms with E-state index in [1.54, 1.807) is 6.08 Å². The number of fused-ring (bicyclic) bond motifs is 2. The zero-order valence-corrected chi connectivity index (χ0v) is 20.8. The average molecular weight is 502 g/mol. The van der Waals surface area contributed by atoms with Crippen molar-refractivity contribution in [1.82, 2.24) is 4.90 Å². The Bertz CT molecular complexity index is 1690. The Hall–Kier alpha value is -4.35. The second-order valence-corrected chi connectivity index (χ2v) is 9.91. The number of amides is 2. The van der Waals surface area contributed by atoms with Crippen molar-refractivity contribution in [2.45, 2.75) is 13.2 Å². The molecule has 0 unspecified atom stereocenters. The third-order valence-corrected chi connectivity index (χ3v) is 7.40. The van der Waals surface area contributed by atoms with Crippen LogP contribution in [0.2, 0.25) is 0 Å². The molecular weight excluding hydrogens is 478 g/mol. The normalized spacial score (nSPS) is 14.7. The lowest BCUT2D eigenvalue weighted by Gasteiger charge is -2.14. The van der Waals surface area contributed by atoms with Gasteiger partial charge in [0.1, 0.15) is 12.4 Å². The van der Waals surface area contributed by atoms with E-state index in [2.05, 4.69) is 30.3 Å². The van der Waals surface area contributed by atoms with Crippen molar-refractivity contribution in [2.24, 2.45) is 0 Å². The highest BCUT2D eigenvalue weighted by atomic mass is 32.2. The molecule has 1 aliphatic heterocycles. The van der Waals surface area contributed by atoms with E-state index in [1.807, 2.05) is 78.9 Å². The largest absolute Gasteiger partial charge is 0.488 e. The van der Waals surface area contributed by atoms with Gasteiger partial charge in [-0.2, -0.15) is 0 Å². The van der Waals surface area contributed by atoms with Gasteiger partial charge in [0.05, 0.1) is 11.4 Å². The molecule has 1 fully saturated rings. The van der Waals surface area contributed by atoms with Crippen LogP contribution >= 0.6 is 11.8 Å². The highest BCUT2D eigenvalue weighted by Crippen LogP contribution is 2.35. The molecule has 0 spiro atoms. The molecule has 0 radical (unpaired) electrons. The van der Waals surface area contributed by atoms with Crippen LogP contribution in [0.5, 0.6) is 5.75 Å². The van der Waals surface area contributed by atoms with Gasteiger partial charge in [-0.05, 0) is 62.6 Å². The predicted octanol–water partition coefficient (Wildman–Crippen LogP) is 7.81. The predicted molar refractivity (Wildman–Crippen MR) is 150 cm³/mol. The molecule has 1 saturated heterocycles. The lowest BCUT2D eigenvalue weighted by molar-refractivity contribution is -0.123. The Morgan fingerprint density at radius 1 is 0.730 bits per heavy atom. The van der Waals surface area contributed by atoms with Crippen LogP contribution in [0.3, 0.4) is 0 Å². The molecule has 0 atom stereocenters. The van der Waals surface area contributed by atoms with Gasteiger partial charge < -0.3 is 4.74 Å². The van der Waals surface area contributed by atoms with Gasteiger partial charge in [-0.3, -0.25) is 14.5 Å². The van der Waals surface area contributed by atoms with Crippen molar-refractivity contribution in [3.05, 3.63) is 131 Å². The highest BCUT2D eigenvalue weighted by Gasteiger charge is 2.35. The summed E-state index contributed by atoms with van der Waals surface area (Å²) in [7, 11) is 0. The fourth-order valence-corrected chi connectivity index (χ4v) is 5.43. The van der Waals surface area contributed by atoms with Crippen LogP contribution in [-0.4, -0.2) is 16.0 Å². The number of carbonyl (C=O) groups excluding carboxylic acids is 2. The summed E-state index contributed by atoms with van der Waals surface area (Å²) in [6, 6.07) is 36.0. The second-order valence-electron chi connectivity index (χ2n) is 8.91. The van der Waals surface area contributed by atoms with Crippen LogP contribution in [0.4, 0.5) is 4.79 Å². The number of nitrogens with zero attached hydrogens (tertiary/aromatic N) is 1. The number of hydrogen-bond acceptors (Lipinski definition) is 4. The molecule has 180 valence electrons. The average Bonchev–Trinajstić information content (AvgIpc) is 3.20. The summed E-state index contributed by atoms with van der Waals surface area (Å²) >= 11 is 0.969. The molecule has 0 saturated carbocycles. The molecule has 37 heavy (non-hydrogen) atoms. The van der Waals surface area contributed by atoms with Crippen molar-refractivity contribution in [1.29, 1.82) is 0 Å².